The van der Waals surface area contributed by atoms with E-state index in [0.29, 0.717) is 23.7 Å². The van der Waals surface area contributed by atoms with Crippen molar-refractivity contribution in [1.29, 1.82) is 0 Å². The highest BCUT2D eigenvalue weighted by Crippen LogP contribution is 2.34. The summed E-state index contributed by atoms with van der Waals surface area (Å²) in [5.74, 6) is 0.273. The van der Waals surface area contributed by atoms with E-state index in [4.69, 9.17) is 4.74 Å². The Labute approximate surface area is 179 Å². The zero-order valence-electron chi connectivity index (χ0n) is 18.2. The summed E-state index contributed by atoms with van der Waals surface area (Å²) in [4.78, 5) is 32.8. The molecule has 0 N–H and O–H groups in total. The fourth-order valence-electron chi connectivity index (χ4n) is 4.71. The molecular weight excluding hydrogens is 378 g/mol. The van der Waals surface area contributed by atoms with Gasteiger partial charge in [0, 0.05) is 39.3 Å². The number of carbonyl (C=O) groups is 2. The number of piperidine rings is 1. The van der Waals surface area contributed by atoms with Crippen molar-refractivity contribution in [2.45, 2.75) is 33.1 Å². The normalized spacial score (nSPS) is 23.6. The lowest BCUT2D eigenvalue weighted by molar-refractivity contribution is -0.137. The molecule has 2 amide bonds. The van der Waals surface area contributed by atoms with E-state index in [-0.39, 0.29) is 11.8 Å². The average Bonchev–Trinajstić information content (AvgIpc) is 3.00. The molecule has 162 valence electrons. The van der Waals surface area contributed by atoms with E-state index in [0.717, 1.165) is 69.9 Å². The van der Waals surface area contributed by atoms with Gasteiger partial charge in [-0.15, -0.1) is 0 Å². The van der Waals surface area contributed by atoms with Gasteiger partial charge < -0.3 is 9.64 Å². The van der Waals surface area contributed by atoms with Crippen LogP contribution in [-0.2, 0) is 14.3 Å². The minimum absolute atomic E-state index is 0.119. The molecule has 0 spiro atoms. The first-order valence-electron chi connectivity index (χ1n) is 11.3. The van der Waals surface area contributed by atoms with Crippen LogP contribution in [0.1, 0.15) is 37.3 Å². The molecule has 1 atom stereocenters. The summed E-state index contributed by atoms with van der Waals surface area (Å²) in [6, 6.07) is 7.97. The summed E-state index contributed by atoms with van der Waals surface area (Å²) in [6.45, 7) is 10.7. The van der Waals surface area contributed by atoms with Gasteiger partial charge in [0.15, 0.2) is 0 Å². The Morgan fingerprint density at radius 2 is 1.73 bits per heavy atom. The molecule has 6 nitrogen and oxygen atoms in total. The molecule has 0 radical (unpaired) electrons. The standard InChI is InChI=1S/C24H33N3O3/c1-18-6-8-20(9-7-18)21-22(26-11-3-5-19(2)17-26)24(29)27(23(21)28)12-4-10-25-13-15-30-16-14-25/h6-9,19H,3-5,10-17H2,1-2H3. The van der Waals surface area contributed by atoms with Gasteiger partial charge in [-0.1, -0.05) is 36.8 Å². The highest BCUT2D eigenvalue weighted by atomic mass is 16.5. The number of nitrogens with zero attached hydrogens (tertiary/aromatic N) is 3. The second kappa shape index (κ2) is 9.31. The Bertz CT molecular complexity index is 811. The van der Waals surface area contributed by atoms with Gasteiger partial charge in [0.2, 0.25) is 0 Å². The molecule has 2 fully saturated rings. The molecule has 6 heteroatoms. The molecule has 3 aliphatic heterocycles. The van der Waals surface area contributed by atoms with Crippen molar-refractivity contribution in [2.75, 3.05) is 52.5 Å². The fourth-order valence-corrected chi connectivity index (χ4v) is 4.71. The number of ether oxygens (including phenoxy) is 1. The third-order valence-corrected chi connectivity index (χ3v) is 6.42. The second-order valence-electron chi connectivity index (χ2n) is 8.85. The molecule has 0 aromatic heterocycles. The molecule has 2 saturated heterocycles. The number of benzene rings is 1. The molecule has 4 rings (SSSR count). The third kappa shape index (κ3) is 4.44. The summed E-state index contributed by atoms with van der Waals surface area (Å²) < 4.78 is 5.40. The van der Waals surface area contributed by atoms with Crippen molar-refractivity contribution in [1.82, 2.24) is 14.7 Å². The van der Waals surface area contributed by atoms with Crippen LogP contribution in [0.2, 0.25) is 0 Å². The predicted octanol–water partition coefficient (Wildman–Crippen LogP) is 2.53. The van der Waals surface area contributed by atoms with Crippen LogP contribution < -0.4 is 0 Å². The Kier molecular flexibility index (Phi) is 6.54. The van der Waals surface area contributed by atoms with E-state index in [1.54, 1.807) is 0 Å². The van der Waals surface area contributed by atoms with Crippen LogP contribution in [0.3, 0.4) is 0 Å². The first kappa shape index (κ1) is 21.1. The van der Waals surface area contributed by atoms with Crippen LogP contribution in [-0.4, -0.2) is 79.0 Å². The van der Waals surface area contributed by atoms with Crippen LogP contribution in [0.15, 0.2) is 30.0 Å². The molecule has 3 heterocycles. The minimum atomic E-state index is -0.140. The Morgan fingerprint density at radius 1 is 1.00 bits per heavy atom. The molecule has 0 saturated carbocycles. The van der Waals surface area contributed by atoms with Crippen molar-refractivity contribution in [3.8, 4) is 0 Å². The van der Waals surface area contributed by atoms with Gasteiger partial charge in [-0.2, -0.15) is 0 Å². The lowest BCUT2D eigenvalue weighted by atomic mass is 9.97. The van der Waals surface area contributed by atoms with Crippen molar-refractivity contribution in [3.63, 3.8) is 0 Å². The predicted molar refractivity (Wildman–Crippen MR) is 117 cm³/mol. The molecule has 1 aromatic carbocycles. The maximum Gasteiger partial charge on any atom is 0.277 e. The number of carbonyl (C=O) groups excluding carboxylic acids is 2. The van der Waals surface area contributed by atoms with E-state index in [1.807, 2.05) is 31.2 Å². The number of hydrogen-bond acceptors (Lipinski definition) is 5. The Balaban J connectivity index is 1.54. The first-order valence-corrected chi connectivity index (χ1v) is 11.3. The van der Waals surface area contributed by atoms with Gasteiger partial charge in [0.25, 0.3) is 11.8 Å². The van der Waals surface area contributed by atoms with E-state index in [1.165, 1.54) is 11.3 Å². The van der Waals surface area contributed by atoms with E-state index < -0.39 is 0 Å². The summed E-state index contributed by atoms with van der Waals surface area (Å²) in [5, 5.41) is 0. The van der Waals surface area contributed by atoms with Gasteiger partial charge in [0.05, 0.1) is 18.8 Å². The number of hydrogen-bond donors (Lipinski definition) is 0. The second-order valence-corrected chi connectivity index (χ2v) is 8.85. The van der Waals surface area contributed by atoms with Crippen molar-refractivity contribution >= 4 is 17.4 Å². The van der Waals surface area contributed by atoms with Crippen molar-refractivity contribution in [2.24, 2.45) is 5.92 Å². The van der Waals surface area contributed by atoms with Crippen LogP contribution in [0.25, 0.3) is 5.57 Å². The van der Waals surface area contributed by atoms with Crippen LogP contribution >= 0.6 is 0 Å². The monoisotopic (exact) mass is 411 g/mol. The molecule has 1 unspecified atom stereocenters. The van der Waals surface area contributed by atoms with Gasteiger partial charge in [-0.3, -0.25) is 19.4 Å². The van der Waals surface area contributed by atoms with Gasteiger partial charge >= 0.3 is 0 Å². The van der Waals surface area contributed by atoms with Crippen LogP contribution in [0, 0.1) is 12.8 Å². The number of imide groups is 1. The molecule has 30 heavy (non-hydrogen) atoms. The Hall–Kier alpha value is -2.18. The zero-order chi connectivity index (χ0) is 21.1. The largest absolute Gasteiger partial charge is 0.379 e. The maximum absolute atomic E-state index is 13.4. The fraction of sp³-hybridized carbons (Fsp3) is 0.583. The number of rotatable bonds is 6. The maximum atomic E-state index is 13.4. The molecule has 0 aliphatic carbocycles. The molecule has 1 aromatic rings. The van der Waals surface area contributed by atoms with Gasteiger partial charge in [-0.05, 0) is 37.7 Å². The van der Waals surface area contributed by atoms with Gasteiger partial charge in [0.1, 0.15) is 5.70 Å². The topological polar surface area (TPSA) is 53.1 Å². The zero-order valence-corrected chi connectivity index (χ0v) is 18.2. The molecule has 3 aliphatic rings. The average molecular weight is 412 g/mol. The molecule has 0 bridgehead atoms. The minimum Gasteiger partial charge on any atom is -0.379 e. The molecular formula is C24H33N3O3. The van der Waals surface area contributed by atoms with E-state index in [2.05, 4.69) is 16.7 Å². The van der Waals surface area contributed by atoms with E-state index in [9.17, 15) is 9.59 Å². The summed E-state index contributed by atoms with van der Waals surface area (Å²) in [5.41, 5.74) is 3.19. The van der Waals surface area contributed by atoms with E-state index >= 15 is 0 Å². The van der Waals surface area contributed by atoms with Gasteiger partial charge in [-0.25, -0.2) is 0 Å². The lowest BCUT2D eigenvalue weighted by Gasteiger charge is -2.33. The first-order chi connectivity index (χ1) is 14.5. The Morgan fingerprint density at radius 3 is 2.43 bits per heavy atom. The SMILES string of the molecule is Cc1ccc(C2=C(N3CCCC(C)C3)C(=O)N(CCCN3CCOCC3)C2=O)cc1. The number of amides is 2. The smallest absolute Gasteiger partial charge is 0.277 e. The van der Waals surface area contributed by atoms with Crippen LogP contribution in [0.4, 0.5) is 0 Å². The number of aryl methyl sites for hydroxylation is 1. The highest BCUT2D eigenvalue weighted by molar-refractivity contribution is 6.35. The number of morpholine rings is 1. The van der Waals surface area contributed by atoms with Crippen LogP contribution in [0.5, 0.6) is 0 Å². The number of likely N-dealkylation sites (tertiary alicyclic amines) is 1. The summed E-state index contributed by atoms with van der Waals surface area (Å²) in [6.07, 6.45) is 3.03. The van der Waals surface area contributed by atoms with Crippen molar-refractivity contribution < 1.29 is 14.3 Å². The third-order valence-electron chi connectivity index (χ3n) is 6.42. The summed E-state index contributed by atoms with van der Waals surface area (Å²) in [7, 11) is 0. The van der Waals surface area contributed by atoms with Crippen molar-refractivity contribution in [3.05, 3.63) is 41.1 Å². The quantitative estimate of drug-likeness (QED) is 0.674. The lowest BCUT2D eigenvalue weighted by Crippen LogP contribution is -2.41. The highest BCUT2D eigenvalue weighted by Gasteiger charge is 2.41. The summed E-state index contributed by atoms with van der Waals surface area (Å²) >= 11 is 0.